The highest BCUT2D eigenvalue weighted by molar-refractivity contribution is 9.10. The largest absolute Gasteiger partial charge is 0.389 e. The molecular formula is C14H21BrF3N3O2. The maximum atomic E-state index is 12.2. The van der Waals surface area contributed by atoms with Crippen molar-refractivity contribution in [1.29, 1.82) is 0 Å². The molecule has 5 nitrogen and oxygen atoms in total. The van der Waals surface area contributed by atoms with E-state index in [1.807, 2.05) is 0 Å². The molecule has 9 heteroatoms. The van der Waals surface area contributed by atoms with Gasteiger partial charge < -0.3 is 0 Å². The summed E-state index contributed by atoms with van der Waals surface area (Å²) < 4.78 is 38.5. The highest BCUT2D eigenvalue weighted by Crippen LogP contribution is 2.21. The van der Waals surface area contributed by atoms with Crippen LogP contribution in [0.5, 0.6) is 0 Å². The van der Waals surface area contributed by atoms with Gasteiger partial charge in [0.05, 0.1) is 0 Å². The summed E-state index contributed by atoms with van der Waals surface area (Å²) in [4.78, 5) is 24.1. The molecule has 1 aromatic heterocycles. The molecule has 0 fully saturated rings. The van der Waals surface area contributed by atoms with Gasteiger partial charge in [0.15, 0.2) is 4.60 Å². The minimum absolute atomic E-state index is 0.0577. The van der Waals surface area contributed by atoms with E-state index in [-0.39, 0.29) is 17.6 Å². The lowest BCUT2D eigenvalue weighted by Crippen LogP contribution is -2.42. The molecule has 1 rings (SSSR count). The van der Waals surface area contributed by atoms with Gasteiger partial charge in [-0.2, -0.15) is 18.3 Å². The number of alkyl halides is 3. The molecule has 0 N–H and O–H groups in total. The molecule has 0 aliphatic heterocycles. The van der Waals surface area contributed by atoms with Crippen LogP contribution in [0, 0.1) is 0 Å². The summed E-state index contributed by atoms with van der Waals surface area (Å²) in [5.41, 5.74) is -1.35. The van der Waals surface area contributed by atoms with E-state index in [2.05, 4.69) is 28.0 Å². The third kappa shape index (κ3) is 6.88. The number of halogens is 4. The number of unbranched alkanes of at least 4 members (excludes halogenated alkanes) is 4. The third-order valence-corrected chi connectivity index (χ3v) is 3.90. The number of hydrogen-bond donors (Lipinski definition) is 0. The van der Waals surface area contributed by atoms with Crippen LogP contribution in [0.2, 0.25) is 0 Å². The quantitative estimate of drug-likeness (QED) is 0.597. The van der Waals surface area contributed by atoms with Crippen LogP contribution in [0.25, 0.3) is 0 Å². The summed E-state index contributed by atoms with van der Waals surface area (Å²) >= 11 is 2.97. The Bertz CT molecular complexity index is 611. The Kier molecular flexibility index (Phi) is 8.01. The van der Waals surface area contributed by atoms with E-state index in [1.165, 1.54) is 0 Å². The van der Waals surface area contributed by atoms with Crippen molar-refractivity contribution in [2.45, 2.75) is 71.1 Å². The van der Waals surface area contributed by atoms with E-state index in [0.717, 1.165) is 41.4 Å². The van der Waals surface area contributed by atoms with Crippen molar-refractivity contribution in [2.24, 2.45) is 0 Å². The fraction of sp³-hybridized carbons (Fsp3) is 0.786. The van der Waals surface area contributed by atoms with Crippen molar-refractivity contribution >= 4 is 15.9 Å². The minimum atomic E-state index is -4.30. The lowest BCUT2D eigenvalue weighted by Gasteiger charge is -2.11. The van der Waals surface area contributed by atoms with Gasteiger partial charge in [0.25, 0.3) is 5.56 Å². The Morgan fingerprint density at radius 3 is 2.30 bits per heavy atom. The SMILES string of the molecule is CCCCCCCn1nc(Br)c(=O)n(CCCC(F)(F)F)c1=O. The van der Waals surface area contributed by atoms with Crippen LogP contribution < -0.4 is 11.2 Å². The summed E-state index contributed by atoms with van der Waals surface area (Å²) in [6.07, 6.45) is -0.699. The molecule has 0 aliphatic carbocycles. The van der Waals surface area contributed by atoms with Gasteiger partial charge in [-0.15, -0.1) is 0 Å². The smallest absolute Gasteiger partial charge is 0.266 e. The van der Waals surface area contributed by atoms with E-state index in [9.17, 15) is 22.8 Å². The van der Waals surface area contributed by atoms with Gasteiger partial charge in [0.2, 0.25) is 0 Å². The molecule has 0 saturated heterocycles. The molecule has 0 aromatic carbocycles. The van der Waals surface area contributed by atoms with Gasteiger partial charge in [-0.25, -0.2) is 9.48 Å². The van der Waals surface area contributed by atoms with E-state index >= 15 is 0 Å². The summed E-state index contributed by atoms with van der Waals surface area (Å²) in [6.45, 7) is 2.18. The first-order chi connectivity index (χ1) is 10.8. The normalized spacial score (nSPS) is 11.9. The first-order valence-electron chi connectivity index (χ1n) is 7.70. The molecule has 0 spiro atoms. The minimum Gasteiger partial charge on any atom is -0.266 e. The van der Waals surface area contributed by atoms with Crippen molar-refractivity contribution < 1.29 is 13.2 Å². The maximum Gasteiger partial charge on any atom is 0.389 e. The Morgan fingerprint density at radius 1 is 1.04 bits per heavy atom. The summed E-state index contributed by atoms with van der Waals surface area (Å²) in [5.74, 6) is 0. The Hall–Kier alpha value is -1.12. The van der Waals surface area contributed by atoms with Crippen LogP contribution in [-0.4, -0.2) is 20.5 Å². The number of aryl methyl sites for hydroxylation is 1. The van der Waals surface area contributed by atoms with Crippen LogP contribution in [0.1, 0.15) is 51.9 Å². The van der Waals surface area contributed by atoms with Crippen molar-refractivity contribution in [3.63, 3.8) is 0 Å². The van der Waals surface area contributed by atoms with Crippen LogP contribution >= 0.6 is 15.9 Å². The average Bonchev–Trinajstić information content (AvgIpc) is 2.46. The van der Waals surface area contributed by atoms with Crippen molar-refractivity contribution in [1.82, 2.24) is 14.3 Å². The maximum absolute atomic E-state index is 12.2. The molecular weight excluding hydrogens is 379 g/mol. The molecule has 0 bridgehead atoms. The van der Waals surface area contributed by atoms with Gasteiger partial charge in [-0.1, -0.05) is 32.6 Å². The molecule has 0 saturated carbocycles. The van der Waals surface area contributed by atoms with Crippen molar-refractivity contribution in [3.05, 3.63) is 25.4 Å². The number of rotatable bonds is 9. The van der Waals surface area contributed by atoms with E-state index in [1.54, 1.807) is 0 Å². The van der Waals surface area contributed by atoms with Gasteiger partial charge in [0, 0.05) is 19.5 Å². The van der Waals surface area contributed by atoms with Gasteiger partial charge in [0.1, 0.15) is 0 Å². The van der Waals surface area contributed by atoms with Gasteiger partial charge in [-0.05, 0) is 28.8 Å². The number of aromatic nitrogens is 3. The molecule has 1 aromatic rings. The van der Waals surface area contributed by atoms with Crippen molar-refractivity contribution in [2.75, 3.05) is 0 Å². The van der Waals surface area contributed by atoms with E-state index < -0.39 is 23.8 Å². The molecule has 0 atom stereocenters. The monoisotopic (exact) mass is 399 g/mol. The molecule has 23 heavy (non-hydrogen) atoms. The number of hydrogen-bond acceptors (Lipinski definition) is 3. The predicted octanol–water partition coefficient (Wildman–Crippen LogP) is 3.48. The summed E-state index contributed by atoms with van der Waals surface area (Å²) in [7, 11) is 0. The third-order valence-electron chi connectivity index (χ3n) is 3.40. The molecule has 0 radical (unpaired) electrons. The second-order valence-corrected chi connectivity index (χ2v) is 6.14. The highest BCUT2D eigenvalue weighted by atomic mass is 79.9. The zero-order chi connectivity index (χ0) is 17.5. The Morgan fingerprint density at radius 2 is 1.70 bits per heavy atom. The first-order valence-corrected chi connectivity index (χ1v) is 8.49. The lowest BCUT2D eigenvalue weighted by atomic mass is 10.1. The zero-order valence-electron chi connectivity index (χ0n) is 13.0. The Balaban J connectivity index is 2.78. The van der Waals surface area contributed by atoms with Crippen molar-refractivity contribution in [3.8, 4) is 0 Å². The lowest BCUT2D eigenvalue weighted by molar-refractivity contribution is -0.136. The molecule has 0 amide bonds. The first kappa shape index (κ1) is 19.9. The highest BCUT2D eigenvalue weighted by Gasteiger charge is 2.26. The second kappa shape index (κ2) is 9.24. The zero-order valence-corrected chi connectivity index (χ0v) is 14.6. The van der Waals surface area contributed by atoms with Crippen LogP contribution in [0.15, 0.2) is 14.2 Å². The average molecular weight is 400 g/mol. The molecule has 0 aliphatic rings. The van der Waals surface area contributed by atoms with Crippen LogP contribution in [0.3, 0.4) is 0 Å². The van der Waals surface area contributed by atoms with Gasteiger partial charge >= 0.3 is 11.9 Å². The molecule has 0 unspecified atom stereocenters. The summed E-state index contributed by atoms with van der Waals surface area (Å²) in [6, 6.07) is 0. The second-order valence-electron chi connectivity index (χ2n) is 5.39. The Labute approximate surface area is 140 Å². The van der Waals surface area contributed by atoms with Crippen LogP contribution in [0.4, 0.5) is 13.2 Å². The van der Waals surface area contributed by atoms with Crippen LogP contribution in [-0.2, 0) is 13.1 Å². The topological polar surface area (TPSA) is 56.9 Å². The standard InChI is InChI=1S/C14H21BrF3N3O2/c1-2-3-4-5-6-10-21-13(23)20(12(22)11(15)19-21)9-7-8-14(16,17)18/h2-10H2,1H3. The van der Waals surface area contributed by atoms with E-state index in [4.69, 9.17) is 0 Å². The fourth-order valence-corrected chi connectivity index (χ4v) is 2.58. The number of nitrogens with zero attached hydrogens (tertiary/aromatic N) is 3. The molecule has 132 valence electrons. The molecule has 1 heterocycles. The fourth-order valence-electron chi connectivity index (χ4n) is 2.17. The van der Waals surface area contributed by atoms with Gasteiger partial charge in [-0.3, -0.25) is 9.36 Å². The summed E-state index contributed by atoms with van der Waals surface area (Å²) in [5, 5.41) is 3.87. The van der Waals surface area contributed by atoms with E-state index in [0.29, 0.717) is 6.54 Å². The predicted molar refractivity (Wildman–Crippen MR) is 84.5 cm³/mol.